The number of aryl methyl sites for hydroxylation is 1. The molecule has 1 aromatic carbocycles. The lowest BCUT2D eigenvalue weighted by molar-refractivity contribution is 0.602. The van der Waals surface area contributed by atoms with Crippen LogP contribution in [-0.2, 0) is 6.42 Å². The quantitative estimate of drug-likeness (QED) is 0.510. The maximum atomic E-state index is 13.5. The van der Waals surface area contributed by atoms with Crippen LogP contribution in [0.3, 0.4) is 0 Å². The molecule has 1 aliphatic rings. The summed E-state index contributed by atoms with van der Waals surface area (Å²) in [6, 6.07) is 6.40. The number of halogens is 1. The molecule has 120 valence electrons. The van der Waals surface area contributed by atoms with E-state index in [1.165, 1.54) is 35.4 Å². The van der Waals surface area contributed by atoms with Gasteiger partial charge in [0, 0.05) is 10.4 Å². The molecule has 24 heavy (non-hydrogen) atoms. The average Bonchev–Trinajstić information content (AvgIpc) is 3.16. The first kappa shape index (κ1) is 14.0. The minimum absolute atomic E-state index is 0.281. The van der Waals surface area contributed by atoms with Gasteiger partial charge in [-0.2, -0.15) is 0 Å². The van der Waals surface area contributed by atoms with Gasteiger partial charge in [0.1, 0.15) is 17.0 Å². The molecule has 0 N–H and O–H groups in total. The second-order valence-corrected chi connectivity index (χ2v) is 7.45. The molecule has 0 bridgehead atoms. The highest BCUT2D eigenvalue weighted by Gasteiger charge is 2.25. The Morgan fingerprint density at radius 2 is 2.25 bits per heavy atom. The van der Waals surface area contributed by atoms with Crippen LogP contribution in [0.2, 0.25) is 0 Å². The molecule has 4 nitrogen and oxygen atoms in total. The summed E-state index contributed by atoms with van der Waals surface area (Å²) in [7, 11) is 0. The molecule has 0 radical (unpaired) electrons. The molecule has 3 heterocycles. The summed E-state index contributed by atoms with van der Waals surface area (Å²) in [6.45, 7) is 2.28. The van der Waals surface area contributed by atoms with Crippen LogP contribution in [0, 0.1) is 5.82 Å². The Bertz CT molecular complexity index is 1080. The molecule has 3 aromatic heterocycles. The molecule has 0 fully saturated rings. The predicted molar refractivity (Wildman–Crippen MR) is 92.9 cm³/mol. The molecule has 0 aliphatic heterocycles. The van der Waals surface area contributed by atoms with Crippen molar-refractivity contribution >= 4 is 27.2 Å². The summed E-state index contributed by atoms with van der Waals surface area (Å²) < 4.78 is 15.2. The molecule has 1 atom stereocenters. The summed E-state index contributed by atoms with van der Waals surface area (Å²) in [5.74, 6) is 0.771. The van der Waals surface area contributed by atoms with E-state index in [1.54, 1.807) is 28.2 Å². The van der Waals surface area contributed by atoms with Gasteiger partial charge in [-0.1, -0.05) is 19.1 Å². The third kappa shape index (κ3) is 1.99. The summed E-state index contributed by atoms with van der Waals surface area (Å²) in [5.41, 5.74) is 2.90. The summed E-state index contributed by atoms with van der Waals surface area (Å²) in [4.78, 5) is 11.8. The van der Waals surface area contributed by atoms with Gasteiger partial charge in [-0.3, -0.25) is 0 Å². The van der Waals surface area contributed by atoms with Crippen LogP contribution in [0.5, 0.6) is 0 Å². The van der Waals surface area contributed by atoms with Crippen molar-refractivity contribution in [2.24, 2.45) is 0 Å². The van der Waals surface area contributed by atoms with Crippen LogP contribution >= 0.6 is 11.3 Å². The predicted octanol–water partition coefficient (Wildman–Crippen LogP) is 4.58. The monoisotopic (exact) mass is 338 g/mol. The van der Waals surface area contributed by atoms with Crippen molar-refractivity contribution in [2.45, 2.75) is 32.1 Å². The fourth-order valence-electron chi connectivity index (χ4n) is 3.64. The topological polar surface area (TPSA) is 43.1 Å². The van der Waals surface area contributed by atoms with Crippen molar-refractivity contribution in [3.05, 3.63) is 46.9 Å². The van der Waals surface area contributed by atoms with Gasteiger partial charge in [-0.05, 0) is 42.9 Å². The molecule has 0 saturated heterocycles. The Morgan fingerprint density at radius 1 is 1.33 bits per heavy atom. The molecule has 1 aliphatic carbocycles. The van der Waals surface area contributed by atoms with Gasteiger partial charge in [-0.25, -0.2) is 18.9 Å². The number of aromatic nitrogens is 4. The highest BCUT2D eigenvalue weighted by Crippen LogP contribution is 2.42. The van der Waals surface area contributed by atoms with Crippen molar-refractivity contribution in [2.75, 3.05) is 0 Å². The minimum Gasteiger partial charge on any atom is -0.225 e. The maximum absolute atomic E-state index is 13.5. The zero-order valence-corrected chi connectivity index (χ0v) is 14.0. The SMILES string of the molecule is C[C@@H]1CCCc2sc3ncn4nc(-c5cccc(F)c5)nc4c3c21. The number of benzene rings is 1. The van der Waals surface area contributed by atoms with Crippen LogP contribution in [0.25, 0.3) is 27.3 Å². The van der Waals surface area contributed by atoms with Gasteiger partial charge < -0.3 is 0 Å². The first-order chi connectivity index (χ1) is 11.7. The highest BCUT2D eigenvalue weighted by molar-refractivity contribution is 7.19. The molecular weight excluding hydrogens is 323 g/mol. The lowest BCUT2D eigenvalue weighted by atomic mass is 9.87. The lowest BCUT2D eigenvalue weighted by Gasteiger charge is -2.18. The average molecular weight is 338 g/mol. The summed E-state index contributed by atoms with van der Waals surface area (Å²) >= 11 is 1.77. The van der Waals surface area contributed by atoms with E-state index < -0.39 is 0 Å². The van der Waals surface area contributed by atoms with Gasteiger partial charge in [0.15, 0.2) is 11.5 Å². The van der Waals surface area contributed by atoms with Crippen LogP contribution in [0.4, 0.5) is 4.39 Å². The third-order valence-corrected chi connectivity index (χ3v) is 5.93. The van der Waals surface area contributed by atoms with E-state index in [-0.39, 0.29) is 5.82 Å². The van der Waals surface area contributed by atoms with Gasteiger partial charge in [0.2, 0.25) is 0 Å². The minimum atomic E-state index is -0.281. The van der Waals surface area contributed by atoms with Crippen LogP contribution in [-0.4, -0.2) is 19.6 Å². The van der Waals surface area contributed by atoms with Crippen molar-refractivity contribution in [1.29, 1.82) is 0 Å². The van der Waals surface area contributed by atoms with Crippen molar-refractivity contribution in [3.63, 3.8) is 0 Å². The van der Waals surface area contributed by atoms with Crippen molar-refractivity contribution < 1.29 is 4.39 Å². The van der Waals surface area contributed by atoms with Gasteiger partial charge in [0.05, 0.1) is 5.39 Å². The van der Waals surface area contributed by atoms with Crippen LogP contribution in [0.1, 0.15) is 36.1 Å². The van der Waals surface area contributed by atoms with Crippen molar-refractivity contribution in [1.82, 2.24) is 19.6 Å². The standard InChI is InChI=1S/C18H15FN4S/c1-10-4-2-7-13-14(10)15-17-21-16(11-5-3-6-12(19)8-11)22-23(17)9-20-18(15)24-13/h3,5-6,8-10H,2,4,7H2,1H3/t10-/m1/s1. The number of hydrogen-bond donors (Lipinski definition) is 0. The van der Waals surface area contributed by atoms with Gasteiger partial charge in [0.25, 0.3) is 0 Å². The highest BCUT2D eigenvalue weighted by atomic mass is 32.1. The molecule has 0 saturated carbocycles. The number of hydrogen-bond acceptors (Lipinski definition) is 4. The lowest BCUT2D eigenvalue weighted by Crippen LogP contribution is -2.04. The Balaban J connectivity index is 1.80. The van der Waals surface area contributed by atoms with E-state index in [1.807, 2.05) is 6.07 Å². The number of thiophene rings is 1. The zero-order valence-electron chi connectivity index (χ0n) is 13.2. The fourth-order valence-corrected chi connectivity index (χ4v) is 4.93. The first-order valence-electron chi connectivity index (χ1n) is 8.13. The molecule has 0 unspecified atom stereocenters. The zero-order chi connectivity index (χ0) is 16.3. The molecule has 5 rings (SSSR count). The normalized spacial score (nSPS) is 17.5. The Morgan fingerprint density at radius 3 is 3.12 bits per heavy atom. The number of rotatable bonds is 1. The van der Waals surface area contributed by atoms with Crippen molar-refractivity contribution in [3.8, 4) is 11.4 Å². The van der Waals surface area contributed by atoms with E-state index in [0.717, 1.165) is 22.3 Å². The van der Waals surface area contributed by atoms with E-state index in [0.29, 0.717) is 17.3 Å². The second-order valence-electron chi connectivity index (χ2n) is 6.37. The van der Waals surface area contributed by atoms with E-state index >= 15 is 0 Å². The third-order valence-electron chi connectivity index (χ3n) is 4.76. The fraction of sp³-hybridized carbons (Fsp3) is 0.278. The molecule has 6 heteroatoms. The van der Waals surface area contributed by atoms with E-state index in [4.69, 9.17) is 4.98 Å². The van der Waals surface area contributed by atoms with E-state index in [9.17, 15) is 4.39 Å². The summed E-state index contributed by atoms with van der Waals surface area (Å²) in [6.07, 6.45) is 5.26. The Hall–Kier alpha value is -2.34. The molecule has 4 aromatic rings. The largest absolute Gasteiger partial charge is 0.225 e. The Labute approximate surface area is 142 Å². The number of fused-ring (bicyclic) bond motifs is 5. The second kappa shape index (κ2) is 5.08. The first-order valence-corrected chi connectivity index (χ1v) is 8.95. The Kier molecular flexibility index (Phi) is 2.97. The maximum Gasteiger partial charge on any atom is 0.182 e. The molecule has 0 amide bonds. The number of nitrogens with zero attached hydrogens (tertiary/aromatic N) is 4. The molecular formula is C18H15FN4S. The van der Waals surface area contributed by atoms with Gasteiger partial charge in [-0.15, -0.1) is 16.4 Å². The smallest absolute Gasteiger partial charge is 0.182 e. The van der Waals surface area contributed by atoms with Gasteiger partial charge >= 0.3 is 0 Å². The van der Waals surface area contributed by atoms with E-state index in [2.05, 4.69) is 17.0 Å². The molecule has 0 spiro atoms. The summed E-state index contributed by atoms with van der Waals surface area (Å²) in [5, 5.41) is 5.63. The van der Waals surface area contributed by atoms with Crippen LogP contribution in [0.15, 0.2) is 30.6 Å². The van der Waals surface area contributed by atoms with Crippen LogP contribution < -0.4 is 0 Å².